The molecule has 2 heterocycles. The first-order chi connectivity index (χ1) is 11.8. The van der Waals surface area contributed by atoms with Crippen molar-refractivity contribution in [2.24, 2.45) is 5.92 Å². The minimum Gasteiger partial charge on any atom is -0.481 e. The zero-order valence-electron chi connectivity index (χ0n) is 15.1. The predicted octanol–water partition coefficient (Wildman–Crippen LogP) is 0.910. The van der Waals surface area contributed by atoms with E-state index in [1.165, 1.54) is 7.11 Å². The normalized spacial score (nSPS) is 21.0. The summed E-state index contributed by atoms with van der Waals surface area (Å²) in [6.07, 6.45) is 3.13. The molecule has 2 rings (SSSR count). The Hall–Kier alpha value is -1.83. The van der Waals surface area contributed by atoms with Gasteiger partial charge in [-0.1, -0.05) is 0 Å². The topological polar surface area (TPSA) is 99.2 Å². The van der Waals surface area contributed by atoms with Crippen molar-refractivity contribution in [1.29, 1.82) is 0 Å². The van der Waals surface area contributed by atoms with Crippen molar-refractivity contribution in [3.63, 3.8) is 0 Å². The molecule has 0 radical (unpaired) electrons. The van der Waals surface area contributed by atoms with Crippen LogP contribution in [0.1, 0.15) is 39.0 Å². The van der Waals surface area contributed by atoms with Crippen molar-refractivity contribution in [3.05, 3.63) is 0 Å². The summed E-state index contributed by atoms with van der Waals surface area (Å²) < 4.78 is 5.07. The van der Waals surface area contributed by atoms with Gasteiger partial charge in [0.05, 0.1) is 18.6 Å². The van der Waals surface area contributed by atoms with Gasteiger partial charge in [-0.25, -0.2) is 4.79 Å². The van der Waals surface area contributed by atoms with E-state index in [0.29, 0.717) is 25.9 Å². The number of nitrogens with one attached hydrogen (secondary N) is 1. The van der Waals surface area contributed by atoms with E-state index in [-0.39, 0.29) is 30.9 Å². The molecule has 8 heteroatoms. The van der Waals surface area contributed by atoms with E-state index in [2.05, 4.69) is 5.32 Å². The highest BCUT2D eigenvalue weighted by Gasteiger charge is 2.35. The number of carboxylic acid groups (broad SMARTS) is 1. The van der Waals surface area contributed by atoms with E-state index < -0.39 is 11.5 Å². The predicted molar refractivity (Wildman–Crippen MR) is 91.2 cm³/mol. The molecule has 142 valence electrons. The monoisotopic (exact) mass is 355 g/mol. The minimum absolute atomic E-state index is 0.0754. The second-order valence-electron chi connectivity index (χ2n) is 7.29. The summed E-state index contributed by atoms with van der Waals surface area (Å²) in [6, 6.07) is 0.0754. The lowest BCUT2D eigenvalue weighted by Gasteiger charge is -2.36. The van der Waals surface area contributed by atoms with Gasteiger partial charge < -0.3 is 25.0 Å². The van der Waals surface area contributed by atoms with Gasteiger partial charge >= 0.3 is 12.0 Å². The number of ether oxygens (including phenoxy) is 1. The van der Waals surface area contributed by atoms with E-state index in [4.69, 9.17) is 9.84 Å². The Labute approximate surface area is 148 Å². The van der Waals surface area contributed by atoms with Crippen LogP contribution in [0.4, 0.5) is 4.79 Å². The maximum Gasteiger partial charge on any atom is 0.319 e. The molecule has 2 fully saturated rings. The number of carbonyl (C=O) groups excluding carboxylic acids is 2. The highest BCUT2D eigenvalue weighted by molar-refractivity contribution is 5.81. The zero-order chi connectivity index (χ0) is 18.4. The molecule has 8 nitrogen and oxygen atoms in total. The number of likely N-dealkylation sites (tertiary alicyclic amines) is 2. The van der Waals surface area contributed by atoms with Gasteiger partial charge in [0.15, 0.2) is 0 Å². The van der Waals surface area contributed by atoms with Gasteiger partial charge in [-0.3, -0.25) is 9.59 Å². The SMILES string of the molecule is COCC(C)(CC(=O)O)NC(=O)C1CCN(C(=O)N2CCCC2)CC1. The standard InChI is InChI=1S/C17H29N3O5/c1-17(12-25-2,11-14(21)22)18-15(23)13-5-9-20(10-6-13)16(24)19-7-3-4-8-19/h13H,3-12H2,1-2H3,(H,18,23)(H,21,22). The third-order valence-electron chi connectivity index (χ3n) is 4.94. The van der Waals surface area contributed by atoms with E-state index in [0.717, 1.165) is 25.9 Å². The first-order valence-corrected chi connectivity index (χ1v) is 8.91. The molecule has 1 unspecified atom stereocenters. The lowest BCUT2D eigenvalue weighted by atomic mass is 9.92. The molecule has 2 aliphatic rings. The van der Waals surface area contributed by atoms with Gasteiger partial charge in [-0.2, -0.15) is 0 Å². The van der Waals surface area contributed by atoms with Crippen molar-refractivity contribution >= 4 is 17.9 Å². The van der Waals surface area contributed by atoms with Crippen molar-refractivity contribution < 1.29 is 24.2 Å². The molecule has 0 spiro atoms. The van der Waals surface area contributed by atoms with E-state index in [9.17, 15) is 14.4 Å². The number of aliphatic carboxylic acids is 1. The largest absolute Gasteiger partial charge is 0.481 e. The van der Waals surface area contributed by atoms with Crippen molar-refractivity contribution in [2.45, 2.75) is 44.6 Å². The Morgan fingerprint density at radius 1 is 1.12 bits per heavy atom. The third kappa shape index (κ3) is 5.32. The summed E-state index contributed by atoms with van der Waals surface area (Å²) in [6.45, 7) is 4.58. The molecule has 2 aliphatic heterocycles. The molecule has 0 saturated carbocycles. The van der Waals surface area contributed by atoms with Gasteiger partial charge in [0.1, 0.15) is 0 Å². The Kier molecular flexibility index (Phi) is 6.64. The average Bonchev–Trinajstić information content (AvgIpc) is 3.08. The molecule has 1 atom stereocenters. The second-order valence-corrected chi connectivity index (χ2v) is 7.29. The Balaban J connectivity index is 1.85. The lowest BCUT2D eigenvalue weighted by molar-refractivity contribution is -0.140. The van der Waals surface area contributed by atoms with Crippen LogP contribution >= 0.6 is 0 Å². The fourth-order valence-electron chi connectivity index (χ4n) is 3.62. The number of nitrogens with zero attached hydrogens (tertiary/aromatic N) is 2. The maximum atomic E-state index is 12.5. The number of rotatable bonds is 6. The van der Waals surface area contributed by atoms with Gasteiger partial charge in [-0.15, -0.1) is 0 Å². The highest BCUT2D eigenvalue weighted by Crippen LogP contribution is 2.22. The van der Waals surface area contributed by atoms with Gasteiger partial charge in [0, 0.05) is 39.2 Å². The molecule has 2 saturated heterocycles. The number of carbonyl (C=O) groups is 3. The summed E-state index contributed by atoms with van der Waals surface area (Å²) in [5.74, 6) is -1.34. The maximum absolute atomic E-state index is 12.5. The molecule has 0 aliphatic carbocycles. The highest BCUT2D eigenvalue weighted by atomic mass is 16.5. The van der Waals surface area contributed by atoms with E-state index in [1.807, 2.05) is 9.80 Å². The molecular weight excluding hydrogens is 326 g/mol. The van der Waals surface area contributed by atoms with Crippen LogP contribution in [0.15, 0.2) is 0 Å². The quantitative estimate of drug-likeness (QED) is 0.738. The van der Waals surface area contributed by atoms with Crippen LogP contribution in [0, 0.1) is 5.92 Å². The molecule has 25 heavy (non-hydrogen) atoms. The summed E-state index contributed by atoms with van der Waals surface area (Å²) in [7, 11) is 1.48. The number of hydrogen-bond donors (Lipinski definition) is 2. The number of carboxylic acids is 1. The molecule has 2 N–H and O–H groups in total. The van der Waals surface area contributed by atoms with Gasteiger partial charge in [-0.05, 0) is 32.6 Å². The first-order valence-electron chi connectivity index (χ1n) is 8.91. The van der Waals surface area contributed by atoms with E-state index >= 15 is 0 Å². The molecule has 0 aromatic heterocycles. The Bertz CT molecular complexity index is 499. The van der Waals surface area contributed by atoms with Crippen molar-refractivity contribution in [1.82, 2.24) is 15.1 Å². The summed E-state index contributed by atoms with van der Waals surface area (Å²) >= 11 is 0. The number of piperidine rings is 1. The van der Waals surface area contributed by atoms with Crippen molar-refractivity contribution in [2.75, 3.05) is 39.9 Å². The summed E-state index contributed by atoms with van der Waals surface area (Å²) in [5, 5.41) is 11.9. The lowest BCUT2D eigenvalue weighted by Crippen LogP contribution is -2.54. The van der Waals surface area contributed by atoms with Crippen molar-refractivity contribution in [3.8, 4) is 0 Å². The first kappa shape index (κ1) is 19.5. The van der Waals surface area contributed by atoms with Crippen LogP contribution in [0.2, 0.25) is 0 Å². The van der Waals surface area contributed by atoms with E-state index in [1.54, 1.807) is 6.92 Å². The number of urea groups is 1. The number of amides is 3. The molecular formula is C17H29N3O5. The molecule has 0 bridgehead atoms. The van der Waals surface area contributed by atoms with Crippen LogP contribution in [-0.2, 0) is 14.3 Å². The Morgan fingerprint density at radius 3 is 2.20 bits per heavy atom. The van der Waals surface area contributed by atoms with Crippen LogP contribution in [0.25, 0.3) is 0 Å². The van der Waals surface area contributed by atoms with Gasteiger partial charge in [0.25, 0.3) is 0 Å². The minimum atomic E-state index is -0.981. The van der Waals surface area contributed by atoms with Crippen LogP contribution in [0.3, 0.4) is 0 Å². The average molecular weight is 355 g/mol. The molecule has 0 aromatic rings. The number of methoxy groups -OCH3 is 1. The zero-order valence-corrected chi connectivity index (χ0v) is 15.1. The summed E-state index contributed by atoms with van der Waals surface area (Å²) in [5.41, 5.74) is -0.930. The van der Waals surface area contributed by atoms with Crippen LogP contribution in [-0.4, -0.2) is 78.2 Å². The third-order valence-corrected chi connectivity index (χ3v) is 4.94. The second kappa shape index (κ2) is 8.51. The summed E-state index contributed by atoms with van der Waals surface area (Å²) in [4.78, 5) is 39.6. The molecule has 0 aromatic carbocycles. The molecule has 3 amide bonds. The Morgan fingerprint density at radius 2 is 1.68 bits per heavy atom. The van der Waals surface area contributed by atoms with Crippen LogP contribution in [0.5, 0.6) is 0 Å². The van der Waals surface area contributed by atoms with Crippen LogP contribution < -0.4 is 5.32 Å². The number of hydrogen-bond acceptors (Lipinski definition) is 4. The van der Waals surface area contributed by atoms with Gasteiger partial charge in [0.2, 0.25) is 5.91 Å². The smallest absolute Gasteiger partial charge is 0.319 e. The fourth-order valence-corrected chi connectivity index (χ4v) is 3.62. The fraction of sp³-hybridized carbons (Fsp3) is 0.824.